The Morgan fingerprint density at radius 1 is 1.41 bits per heavy atom. The van der Waals surface area contributed by atoms with Crippen LogP contribution in [0.3, 0.4) is 0 Å². The normalized spacial score (nSPS) is 11.3. The summed E-state index contributed by atoms with van der Waals surface area (Å²) in [7, 11) is 1.98. The third-order valence-corrected chi connectivity index (χ3v) is 2.27. The van der Waals surface area contributed by atoms with Crippen molar-refractivity contribution in [2.45, 2.75) is 32.9 Å². The molecule has 0 amide bonds. The van der Waals surface area contributed by atoms with E-state index in [-0.39, 0.29) is 5.54 Å². The van der Waals surface area contributed by atoms with Crippen LogP contribution in [-0.4, -0.2) is 29.1 Å². The van der Waals surface area contributed by atoms with E-state index in [0.717, 1.165) is 24.6 Å². The van der Waals surface area contributed by atoms with Gasteiger partial charge in [0, 0.05) is 31.9 Å². The van der Waals surface area contributed by atoms with Gasteiger partial charge in [0.05, 0.1) is 11.9 Å². The minimum Gasteiger partial charge on any atom is -0.355 e. The summed E-state index contributed by atoms with van der Waals surface area (Å²) < 4.78 is 0. The first-order valence-electron chi connectivity index (χ1n) is 5.80. The summed E-state index contributed by atoms with van der Waals surface area (Å²) in [6.07, 6.45) is 5.41. The number of nitrogens with one attached hydrogen (secondary N) is 1. The van der Waals surface area contributed by atoms with E-state index >= 15 is 0 Å². The summed E-state index contributed by atoms with van der Waals surface area (Å²) in [5, 5.41) is 3.40. The predicted molar refractivity (Wildman–Crippen MR) is 72.1 cm³/mol. The Hall–Kier alpha value is -1.42. The van der Waals surface area contributed by atoms with Crippen LogP contribution in [0.15, 0.2) is 25.0 Å². The molecule has 1 rings (SSSR count). The third kappa shape index (κ3) is 4.95. The van der Waals surface area contributed by atoms with Gasteiger partial charge in [0.1, 0.15) is 5.82 Å². The highest BCUT2D eigenvalue weighted by Gasteiger charge is 2.09. The fourth-order valence-corrected chi connectivity index (χ4v) is 1.31. The molecule has 0 bridgehead atoms. The number of nitrogens with zero attached hydrogens (tertiary/aromatic N) is 3. The van der Waals surface area contributed by atoms with Crippen LogP contribution in [0.2, 0.25) is 0 Å². The second-order valence-electron chi connectivity index (χ2n) is 5.14. The van der Waals surface area contributed by atoms with Gasteiger partial charge >= 0.3 is 0 Å². The molecule has 17 heavy (non-hydrogen) atoms. The molecule has 1 heterocycles. The van der Waals surface area contributed by atoms with Gasteiger partial charge in [0.15, 0.2) is 0 Å². The number of rotatable bonds is 5. The molecule has 4 nitrogen and oxygen atoms in total. The highest BCUT2D eigenvalue weighted by molar-refractivity contribution is 5.35. The summed E-state index contributed by atoms with van der Waals surface area (Å²) in [6.45, 7) is 11.6. The van der Waals surface area contributed by atoms with Gasteiger partial charge in [-0.05, 0) is 20.8 Å². The minimum atomic E-state index is 0.0880. The fraction of sp³-hybridized carbons (Fsp3) is 0.538. The first kappa shape index (κ1) is 13.6. The Balaban J connectivity index is 2.69. The lowest BCUT2D eigenvalue weighted by Crippen LogP contribution is -2.35. The SMILES string of the molecule is C=CCN(C)c1cncc(CNC(C)(C)C)n1. The Labute approximate surface area is 104 Å². The van der Waals surface area contributed by atoms with E-state index in [1.54, 1.807) is 12.4 Å². The van der Waals surface area contributed by atoms with Crippen molar-refractivity contribution in [2.24, 2.45) is 0 Å². The summed E-state index contributed by atoms with van der Waals surface area (Å²) in [5.41, 5.74) is 1.04. The lowest BCUT2D eigenvalue weighted by Gasteiger charge is -2.21. The van der Waals surface area contributed by atoms with E-state index < -0.39 is 0 Å². The largest absolute Gasteiger partial charge is 0.355 e. The molecular formula is C13H22N4. The Morgan fingerprint density at radius 3 is 2.71 bits per heavy atom. The van der Waals surface area contributed by atoms with Crippen molar-refractivity contribution in [3.05, 3.63) is 30.7 Å². The van der Waals surface area contributed by atoms with Crippen molar-refractivity contribution in [2.75, 3.05) is 18.5 Å². The summed E-state index contributed by atoms with van der Waals surface area (Å²) in [4.78, 5) is 10.8. The average Bonchev–Trinajstić information content (AvgIpc) is 2.26. The third-order valence-electron chi connectivity index (χ3n) is 2.27. The predicted octanol–water partition coefficient (Wildman–Crippen LogP) is 1.99. The van der Waals surface area contributed by atoms with Gasteiger partial charge in [-0.15, -0.1) is 6.58 Å². The number of anilines is 1. The molecule has 0 aliphatic heterocycles. The van der Waals surface area contributed by atoms with Crippen LogP contribution in [0.25, 0.3) is 0 Å². The van der Waals surface area contributed by atoms with Crippen molar-refractivity contribution in [1.82, 2.24) is 15.3 Å². The maximum absolute atomic E-state index is 4.55. The molecule has 0 spiro atoms. The maximum atomic E-state index is 4.55. The van der Waals surface area contributed by atoms with Crippen LogP contribution in [0.5, 0.6) is 0 Å². The molecule has 1 aromatic rings. The van der Waals surface area contributed by atoms with Crippen molar-refractivity contribution in [3.8, 4) is 0 Å². The first-order chi connectivity index (χ1) is 7.92. The fourth-order valence-electron chi connectivity index (χ4n) is 1.31. The topological polar surface area (TPSA) is 41.1 Å². The highest BCUT2D eigenvalue weighted by atomic mass is 15.2. The monoisotopic (exact) mass is 234 g/mol. The van der Waals surface area contributed by atoms with E-state index in [9.17, 15) is 0 Å². The molecule has 0 radical (unpaired) electrons. The van der Waals surface area contributed by atoms with Crippen LogP contribution in [0.4, 0.5) is 5.82 Å². The highest BCUT2D eigenvalue weighted by Crippen LogP contribution is 2.08. The molecule has 0 aliphatic rings. The first-order valence-corrected chi connectivity index (χ1v) is 5.80. The Kier molecular flexibility index (Phi) is 4.63. The van der Waals surface area contributed by atoms with Gasteiger partial charge < -0.3 is 10.2 Å². The quantitative estimate of drug-likeness (QED) is 0.791. The van der Waals surface area contributed by atoms with Crippen LogP contribution in [-0.2, 0) is 6.54 Å². The van der Waals surface area contributed by atoms with Crippen molar-refractivity contribution in [1.29, 1.82) is 0 Å². The molecule has 0 saturated carbocycles. The van der Waals surface area contributed by atoms with Gasteiger partial charge in [0.2, 0.25) is 0 Å². The van der Waals surface area contributed by atoms with Gasteiger partial charge in [-0.1, -0.05) is 6.08 Å². The molecule has 0 fully saturated rings. The molecule has 1 N–H and O–H groups in total. The van der Waals surface area contributed by atoms with Crippen LogP contribution < -0.4 is 10.2 Å². The number of aromatic nitrogens is 2. The molecule has 0 unspecified atom stereocenters. The molecule has 0 atom stereocenters. The van der Waals surface area contributed by atoms with Crippen LogP contribution >= 0.6 is 0 Å². The molecule has 0 aromatic carbocycles. The molecule has 1 aromatic heterocycles. The summed E-state index contributed by atoms with van der Waals surface area (Å²) in [5.74, 6) is 0.873. The molecular weight excluding hydrogens is 212 g/mol. The van der Waals surface area contributed by atoms with Gasteiger partial charge in [-0.2, -0.15) is 0 Å². The lowest BCUT2D eigenvalue weighted by molar-refractivity contribution is 0.421. The van der Waals surface area contributed by atoms with E-state index in [4.69, 9.17) is 0 Å². The van der Waals surface area contributed by atoms with E-state index in [0.29, 0.717) is 0 Å². The molecule has 0 saturated heterocycles. The zero-order chi connectivity index (χ0) is 12.9. The summed E-state index contributed by atoms with van der Waals surface area (Å²) in [6, 6.07) is 0. The van der Waals surface area contributed by atoms with Gasteiger partial charge in [0.25, 0.3) is 0 Å². The van der Waals surface area contributed by atoms with Crippen molar-refractivity contribution < 1.29 is 0 Å². The lowest BCUT2D eigenvalue weighted by atomic mass is 10.1. The average molecular weight is 234 g/mol. The molecule has 4 heteroatoms. The number of likely N-dealkylation sites (N-methyl/N-ethyl adjacent to an activating group) is 1. The zero-order valence-electron chi connectivity index (χ0n) is 11.2. The minimum absolute atomic E-state index is 0.0880. The second kappa shape index (κ2) is 5.77. The molecule has 94 valence electrons. The smallest absolute Gasteiger partial charge is 0.147 e. The van der Waals surface area contributed by atoms with Crippen molar-refractivity contribution >= 4 is 5.82 Å². The van der Waals surface area contributed by atoms with Crippen LogP contribution in [0.1, 0.15) is 26.5 Å². The van der Waals surface area contributed by atoms with E-state index in [2.05, 4.69) is 42.6 Å². The number of hydrogen-bond donors (Lipinski definition) is 1. The van der Waals surface area contributed by atoms with E-state index in [1.807, 2.05) is 18.0 Å². The molecule has 0 aliphatic carbocycles. The van der Waals surface area contributed by atoms with E-state index in [1.165, 1.54) is 0 Å². The van der Waals surface area contributed by atoms with Gasteiger partial charge in [-0.3, -0.25) is 4.98 Å². The second-order valence-corrected chi connectivity index (χ2v) is 5.14. The summed E-state index contributed by atoms with van der Waals surface area (Å²) >= 11 is 0. The Bertz CT molecular complexity index is 368. The van der Waals surface area contributed by atoms with Crippen molar-refractivity contribution in [3.63, 3.8) is 0 Å². The standard InChI is InChI=1S/C13H22N4/c1-6-7-17(5)12-10-14-8-11(16-12)9-15-13(2,3)4/h6,8,10,15H,1,7,9H2,2-5H3. The Morgan fingerprint density at radius 2 is 2.12 bits per heavy atom. The van der Waals surface area contributed by atoms with Crippen LogP contribution in [0, 0.1) is 0 Å². The number of hydrogen-bond acceptors (Lipinski definition) is 4. The zero-order valence-corrected chi connectivity index (χ0v) is 11.2. The van der Waals surface area contributed by atoms with Gasteiger partial charge in [-0.25, -0.2) is 4.98 Å². The maximum Gasteiger partial charge on any atom is 0.147 e.